The number of halogens is 1. The molecule has 1 aliphatic rings. The van der Waals surface area contributed by atoms with Crippen molar-refractivity contribution in [3.8, 4) is 0 Å². The van der Waals surface area contributed by atoms with Crippen LogP contribution in [0.25, 0.3) is 0 Å². The molecule has 152 valence electrons. The maximum atomic E-state index is 13.9. The predicted molar refractivity (Wildman–Crippen MR) is 109 cm³/mol. The van der Waals surface area contributed by atoms with Gasteiger partial charge >= 0.3 is 0 Å². The number of oxime groups is 1. The summed E-state index contributed by atoms with van der Waals surface area (Å²) in [5.41, 5.74) is 0.346. The van der Waals surface area contributed by atoms with Gasteiger partial charge in [0.25, 0.3) is 15.9 Å². The third-order valence-electron chi connectivity index (χ3n) is 4.82. The Hall–Kier alpha value is -3.52. The molecule has 1 aliphatic heterocycles. The number of carbonyl (C=O) groups is 1. The van der Waals surface area contributed by atoms with Crippen molar-refractivity contribution >= 4 is 21.6 Å². The van der Waals surface area contributed by atoms with Crippen LogP contribution in [0, 0.1) is 5.82 Å². The molecule has 0 unspecified atom stereocenters. The molecule has 6 nitrogen and oxygen atoms in total. The molecule has 0 fully saturated rings. The summed E-state index contributed by atoms with van der Waals surface area (Å²) in [5, 5.41) is 3.89. The molecular formula is C22H17FN2O4S. The first-order valence-corrected chi connectivity index (χ1v) is 10.6. The van der Waals surface area contributed by atoms with Crippen LogP contribution in [0.3, 0.4) is 0 Å². The van der Waals surface area contributed by atoms with Crippen molar-refractivity contribution in [1.82, 2.24) is 4.72 Å². The van der Waals surface area contributed by atoms with E-state index in [4.69, 9.17) is 4.84 Å². The van der Waals surface area contributed by atoms with Crippen LogP contribution < -0.4 is 4.72 Å². The number of benzene rings is 3. The Kier molecular flexibility index (Phi) is 5.09. The summed E-state index contributed by atoms with van der Waals surface area (Å²) < 4.78 is 40.7. The van der Waals surface area contributed by atoms with Crippen LogP contribution in [0.15, 0.2) is 95.0 Å². The Labute approximate surface area is 173 Å². The van der Waals surface area contributed by atoms with Gasteiger partial charge in [0.05, 0.1) is 6.42 Å². The van der Waals surface area contributed by atoms with Crippen molar-refractivity contribution in [2.75, 3.05) is 0 Å². The van der Waals surface area contributed by atoms with Crippen molar-refractivity contribution in [1.29, 1.82) is 0 Å². The first-order valence-electron chi connectivity index (χ1n) is 9.10. The zero-order chi connectivity index (χ0) is 21.2. The molecule has 0 bridgehead atoms. The maximum Gasteiger partial charge on any atom is 0.282 e. The van der Waals surface area contributed by atoms with E-state index in [1.54, 1.807) is 0 Å². The number of nitrogens with zero attached hydrogens (tertiary/aromatic N) is 1. The van der Waals surface area contributed by atoms with E-state index in [2.05, 4.69) is 5.16 Å². The highest BCUT2D eigenvalue weighted by molar-refractivity contribution is 7.90. The molecule has 0 saturated heterocycles. The summed E-state index contributed by atoms with van der Waals surface area (Å²) in [7, 11) is -4.41. The SMILES string of the molecule is O=C(NS(=O)(=O)c1ccccc1F)C1=NOC(c2ccccc2)(c2ccccc2)C1. The fourth-order valence-electron chi connectivity index (χ4n) is 3.34. The zero-order valence-corrected chi connectivity index (χ0v) is 16.5. The second kappa shape index (κ2) is 7.72. The van der Waals surface area contributed by atoms with Gasteiger partial charge in [-0.15, -0.1) is 0 Å². The molecule has 8 heteroatoms. The maximum absolute atomic E-state index is 13.9. The normalized spacial score (nSPS) is 15.2. The van der Waals surface area contributed by atoms with Crippen LogP contribution in [0.2, 0.25) is 0 Å². The van der Waals surface area contributed by atoms with Gasteiger partial charge in [0.2, 0.25) is 0 Å². The molecular weight excluding hydrogens is 407 g/mol. The molecule has 0 radical (unpaired) electrons. The third kappa shape index (κ3) is 3.57. The molecule has 1 heterocycles. The fourth-order valence-corrected chi connectivity index (χ4v) is 4.40. The fraction of sp³-hybridized carbons (Fsp3) is 0.0909. The highest BCUT2D eigenvalue weighted by Gasteiger charge is 2.45. The van der Waals surface area contributed by atoms with Gasteiger partial charge in [0, 0.05) is 11.1 Å². The number of rotatable bonds is 5. The van der Waals surface area contributed by atoms with Gasteiger partial charge in [-0.25, -0.2) is 17.5 Å². The summed E-state index contributed by atoms with van der Waals surface area (Å²) in [6, 6.07) is 23.3. The number of nitrogens with one attached hydrogen (secondary N) is 1. The van der Waals surface area contributed by atoms with Crippen LogP contribution in [-0.4, -0.2) is 20.0 Å². The zero-order valence-electron chi connectivity index (χ0n) is 15.7. The lowest BCUT2D eigenvalue weighted by Crippen LogP contribution is -2.37. The summed E-state index contributed by atoms with van der Waals surface area (Å²) in [6.45, 7) is 0. The molecule has 4 rings (SSSR count). The molecule has 1 amide bonds. The first-order chi connectivity index (χ1) is 14.4. The average Bonchev–Trinajstić information content (AvgIpc) is 3.22. The average molecular weight is 424 g/mol. The molecule has 3 aromatic rings. The van der Waals surface area contributed by atoms with E-state index >= 15 is 0 Å². The Balaban J connectivity index is 1.63. The van der Waals surface area contributed by atoms with Crippen LogP contribution >= 0.6 is 0 Å². The molecule has 30 heavy (non-hydrogen) atoms. The van der Waals surface area contributed by atoms with Crippen LogP contribution in [0.5, 0.6) is 0 Å². The number of hydrogen-bond donors (Lipinski definition) is 1. The van der Waals surface area contributed by atoms with Crippen molar-refractivity contribution in [2.45, 2.75) is 16.9 Å². The van der Waals surface area contributed by atoms with Crippen LogP contribution in [0.1, 0.15) is 17.5 Å². The van der Waals surface area contributed by atoms with Gasteiger partial charge in [0.1, 0.15) is 10.7 Å². The van der Waals surface area contributed by atoms with E-state index in [1.807, 2.05) is 65.4 Å². The second-order valence-corrected chi connectivity index (χ2v) is 8.38. The number of sulfonamides is 1. The van der Waals surface area contributed by atoms with E-state index < -0.39 is 32.2 Å². The standard InChI is InChI=1S/C22H17FN2O4S/c23-18-13-7-8-14-20(18)30(27,28)25-21(26)19-15-22(29-24-19,16-9-3-1-4-10-16)17-11-5-2-6-12-17/h1-14H,15H2,(H,25,26). The van der Waals surface area contributed by atoms with Gasteiger partial charge in [-0.3, -0.25) is 4.79 Å². The highest BCUT2D eigenvalue weighted by Crippen LogP contribution is 2.41. The van der Waals surface area contributed by atoms with E-state index in [0.717, 1.165) is 23.3 Å². The monoisotopic (exact) mass is 424 g/mol. The van der Waals surface area contributed by atoms with Gasteiger partial charge in [-0.1, -0.05) is 78.0 Å². The van der Waals surface area contributed by atoms with Crippen LogP contribution in [0.4, 0.5) is 4.39 Å². The van der Waals surface area contributed by atoms with Gasteiger partial charge in [0.15, 0.2) is 11.3 Å². The van der Waals surface area contributed by atoms with Crippen molar-refractivity contribution in [3.05, 3.63) is 102 Å². The lowest BCUT2D eigenvalue weighted by molar-refractivity contribution is -0.113. The third-order valence-corrected chi connectivity index (χ3v) is 6.19. The van der Waals surface area contributed by atoms with Crippen molar-refractivity contribution in [2.24, 2.45) is 5.16 Å². The van der Waals surface area contributed by atoms with Gasteiger partial charge in [-0.05, 0) is 12.1 Å². The van der Waals surface area contributed by atoms with E-state index in [0.29, 0.717) is 0 Å². The molecule has 3 aromatic carbocycles. The molecule has 0 atom stereocenters. The predicted octanol–water partition coefficient (Wildman–Crippen LogP) is 3.35. The summed E-state index contributed by atoms with van der Waals surface area (Å²) >= 11 is 0. The Morgan fingerprint density at radius 2 is 1.43 bits per heavy atom. The smallest absolute Gasteiger partial charge is 0.282 e. The molecule has 0 aliphatic carbocycles. The van der Waals surface area contributed by atoms with E-state index in [1.165, 1.54) is 12.1 Å². The summed E-state index contributed by atoms with van der Waals surface area (Å²) in [6.07, 6.45) is 0.0135. The number of amides is 1. The lowest BCUT2D eigenvalue weighted by atomic mass is 9.82. The topological polar surface area (TPSA) is 84.8 Å². The lowest BCUT2D eigenvalue weighted by Gasteiger charge is -2.27. The van der Waals surface area contributed by atoms with Gasteiger partial charge in [-0.2, -0.15) is 0 Å². The minimum atomic E-state index is -4.41. The van der Waals surface area contributed by atoms with Crippen molar-refractivity contribution < 1.29 is 22.4 Å². The Morgan fingerprint density at radius 3 is 2.00 bits per heavy atom. The van der Waals surface area contributed by atoms with E-state index in [9.17, 15) is 17.6 Å². The minimum Gasteiger partial charge on any atom is -0.379 e. The Morgan fingerprint density at radius 1 is 0.900 bits per heavy atom. The molecule has 0 spiro atoms. The van der Waals surface area contributed by atoms with Gasteiger partial charge < -0.3 is 4.84 Å². The quantitative estimate of drug-likeness (QED) is 0.681. The van der Waals surface area contributed by atoms with Crippen molar-refractivity contribution in [3.63, 3.8) is 0 Å². The number of carbonyl (C=O) groups excluding carboxylic acids is 1. The first kappa shape index (κ1) is 19.8. The highest BCUT2D eigenvalue weighted by atomic mass is 32.2. The van der Waals surface area contributed by atoms with Crippen LogP contribution in [-0.2, 0) is 25.3 Å². The van der Waals surface area contributed by atoms with E-state index in [-0.39, 0.29) is 12.1 Å². The second-order valence-electron chi connectivity index (χ2n) is 6.73. The summed E-state index contributed by atoms with van der Waals surface area (Å²) in [5.74, 6) is -1.92. The Bertz CT molecular complexity index is 1170. The molecule has 0 saturated carbocycles. The largest absolute Gasteiger partial charge is 0.379 e. The molecule has 1 N–H and O–H groups in total. The summed E-state index contributed by atoms with van der Waals surface area (Å²) in [4.78, 5) is 17.8. The number of hydrogen-bond acceptors (Lipinski definition) is 5. The molecule has 0 aromatic heterocycles. The minimum absolute atomic E-state index is 0.0135.